The number of benzene rings is 2. The van der Waals surface area contributed by atoms with Crippen molar-refractivity contribution in [3.8, 4) is 17.2 Å². The number of para-hydroxylation sites is 1. The van der Waals surface area contributed by atoms with Gasteiger partial charge in [0.1, 0.15) is 12.4 Å². The first-order valence-electron chi connectivity index (χ1n) is 6.74. The Morgan fingerprint density at radius 3 is 2.81 bits per heavy atom. The topological polar surface area (TPSA) is 73.9 Å². The minimum absolute atomic E-state index is 0.121. The van der Waals surface area contributed by atoms with E-state index in [0.29, 0.717) is 12.4 Å². The van der Waals surface area contributed by atoms with E-state index in [-0.39, 0.29) is 13.4 Å². The van der Waals surface area contributed by atoms with Crippen LogP contribution in [0.3, 0.4) is 0 Å². The van der Waals surface area contributed by atoms with Gasteiger partial charge in [0.2, 0.25) is 6.79 Å². The summed E-state index contributed by atoms with van der Waals surface area (Å²) in [7, 11) is 0. The van der Waals surface area contributed by atoms with Gasteiger partial charge in [-0.25, -0.2) is 0 Å². The first-order chi connectivity index (χ1) is 10.3. The summed E-state index contributed by atoms with van der Waals surface area (Å²) in [6.07, 6.45) is 0. The van der Waals surface area contributed by atoms with Gasteiger partial charge in [0, 0.05) is 5.56 Å². The average Bonchev–Trinajstić information content (AvgIpc) is 3.00. The Morgan fingerprint density at radius 1 is 1.14 bits per heavy atom. The van der Waals surface area contributed by atoms with Crippen molar-refractivity contribution >= 4 is 0 Å². The number of fused-ring (bicyclic) bond motifs is 1. The first-order valence-corrected chi connectivity index (χ1v) is 6.74. The van der Waals surface area contributed by atoms with E-state index in [1.165, 1.54) is 0 Å². The van der Waals surface area contributed by atoms with E-state index in [4.69, 9.17) is 19.9 Å². The molecule has 0 saturated carbocycles. The van der Waals surface area contributed by atoms with E-state index >= 15 is 0 Å². The maximum Gasteiger partial charge on any atom is 0.231 e. The van der Waals surface area contributed by atoms with Crippen LogP contribution in [0, 0.1) is 0 Å². The molecule has 5 nitrogen and oxygen atoms in total. The van der Waals surface area contributed by atoms with Gasteiger partial charge in [-0.2, -0.15) is 0 Å². The van der Waals surface area contributed by atoms with Crippen molar-refractivity contribution in [3.63, 3.8) is 0 Å². The molecule has 0 radical (unpaired) electrons. The fraction of sp³-hybridized carbons (Fsp3) is 0.250. The number of rotatable bonds is 5. The fourth-order valence-corrected chi connectivity index (χ4v) is 2.21. The predicted molar refractivity (Wildman–Crippen MR) is 77.4 cm³/mol. The molecule has 1 heterocycles. The third kappa shape index (κ3) is 2.94. The highest BCUT2D eigenvalue weighted by molar-refractivity contribution is 5.44. The van der Waals surface area contributed by atoms with Gasteiger partial charge < -0.3 is 25.1 Å². The highest BCUT2D eigenvalue weighted by Gasteiger charge is 2.14. The van der Waals surface area contributed by atoms with Gasteiger partial charge in [0.05, 0.1) is 12.6 Å². The van der Waals surface area contributed by atoms with Crippen LogP contribution in [0.5, 0.6) is 17.2 Å². The Labute approximate surface area is 122 Å². The number of ether oxygens (including phenoxy) is 3. The summed E-state index contributed by atoms with van der Waals surface area (Å²) in [5.74, 6) is 2.16. The molecule has 0 aromatic heterocycles. The molecule has 0 spiro atoms. The van der Waals surface area contributed by atoms with E-state index in [1.807, 2.05) is 42.5 Å². The summed E-state index contributed by atoms with van der Waals surface area (Å²) in [5, 5.41) is 9.19. The molecule has 21 heavy (non-hydrogen) atoms. The van der Waals surface area contributed by atoms with E-state index in [0.717, 1.165) is 22.6 Å². The molecular weight excluding hydrogens is 270 g/mol. The van der Waals surface area contributed by atoms with Gasteiger partial charge in [0.15, 0.2) is 11.5 Å². The molecular formula is C16H17NO4. The van der Waals surface area contributed by atoms with Gasteiger partial charge in [0.25, 0.3) is 0 Å². The largest absolute Gasteiger partial charge is 0.489 e. The highest BCUT2D eigenvalue weighted by atomic mass is 16.7. The van der Waals surface area contributed by atoms with Crippen LogP contribution in [0.15, 0.2) is 42.5 Å². The Balaban J connectivity index is 1.73. The number of aliphatic hydroxyl groups excluding tert-OH is 1. The van der Waals surface area contributed by atoms with Crippen LogP contribution in [0.2, 0.25) is 0 Å². The summed E-state index contributed by atoms with van der Waals surface area (Å²) in [5.41, 5.74) is 7.64. The smallest absolute Gasteiger partial charge is 0.231 e. The molecule has 3 rings (SSSR count). The van der Waals surface area contributed by atoms with Crippen LogP contribution in [-0.2, 0) is 6.61 Å². The number of nitrogens with two attached hydrogens (primary N) is 1. The van der Waals surface area contributed by atoms with E-state index in [9.17, 15) is 5.11 Å². The molecule has 2 aromatic carbocycles. The van der Waals surface area contributed by atoms with Gasteiger partial charge in [-0.15, -0.1) is 0 Å². The minimum atomic E-state index is -0.446. The number of hydrogen-bond acceptors (Lipinski definition) is 5. The first kappa shape index (κ1) is 13.7. The maximum atomic E-state index is 9.19. The van der Waals surface area contributed by atoms with Gasteiger partial charge >= 0.3 is 0 Å². The molecule has 0 unspecified atom stereocenters. The van der Waals surface area contributed by atoms with Crippen molar-refractivity contribution in [3.05, 3.63) is 53.6 Å². The third-order valence-electron chi connectivity index (χ3n) is 3.35. The quantitative estimate of drug-likeness (QED) is 0.879. The molecule has 0 fully saturated rings. The second-order valence-electron chi connectivity index (χ2n) is 4.80. The van der Waals surface area contributed by atoms with Crippen molar-refractivity contribution in [1.82, 2.24) is 0 Å². The van der Waals surface area contributed by atoms with E-state index in [1.54, 1.807) is 0 Å². The molecule has 1 aliphatic rings. The highest BCUT2D eigenvalue weighted by Crippen LogP contribution is 2.33. The van der Waals surface area contributed by atoms with Crippen molar-refractivity contribution in [2.45, 2.75) is 12.6 Å². The van der Waals surface area contributed by atoms with Crippen LogP contribution in [0.1, 0.15) is 17.2 Å². The SMILES string of the molecule is N[C@H](CO)c1ccccc1OCc1ccc2c(c1)OCO2. The van der Waals surface area contributed by atoms with Crippen molar-refractivity contribution < 1.29 is 19.3 Å². The molecule has 110 valence electrons. The summed E-state index contributed by atoms with van der Waals surface area (Å²) in [6.45, 7) is 0.532. The Hall–Kier alpha value is -2.24. The van der Waals surface area contributed by atoms with Crippen molar-refractivity contribution in [2.75, 3.05) is 13.4 Å². The predicted octanol–water partition coefficient (Wildman–Crippen LogP) is 1.99. The lowest BCUT2D eigenvalue weighted by Gasteiger charge is -2.15. The lowest BCUT2D eigenvalue weighted by molar-refractivity contribution is 0.174. The average molecular weight is 287 g/mol. The van der Waals surface area contributed by atoms with Gasteiger partial charge in [-0.3, -0.25) is 0 Å². The van der Waals surface area contributed by atoms with Gasteiger partial charge in [-0.1, -0.05) is 24.3 Å². The Morgan fingerprint density at radius 2 is 1.95 bits per heavy atom. The molecule has 2 aromatic rings. The zero-order valence-electron chi connectivity index (χ0n) is 11.5. The summed E-state index contributed by atoms with van der Waals surface area (Å²) in [4.78, 5) is 0. The second-order valence-corrected chi connectivity index (χ2v) is 4.80. The molecule has 1 atom stereocenters. The lowest BCUT2D eigenvalue weighted by Crippen LogP contribution is -2.15. The third-order valence-corrected chi connectivity index (χ3v) is 3.35. The van der Waals surface area contributed by atoms with Crippen LogP contribution in [0.25, 0.3) is 0 Å². The molecule has 0 amide bonds. The van der Waals surface area contributed by atoms with E-state index < -0.39 is 6.04 Å². The number of aliphatic hydroxyl groups is 1. The minimum Gasteiger partial charge on any atom is -0.489 e. The van der Waals surface area contributed by atoms with Crippen molar-refractivity contribution in [1.29, 1.82) is 0 Å². The Bertz CT molecular complexity index is 629. The van der Waals surface area contributed by atoms with Gasteiger partial charge in [-0.05, 0) is 23.8 Å². The van der Waals surface area contributed by atoms with Crippen LogP contribution < -0.4 is 19.9 Å². The molecule has 3 N–H and O–H groups in total. The standard InChI is InChI=1S/C16H17NO4/c17-13(8-18)12-3-1-2-4-14(12)19-9-11-5-6-15-16(7-11)21-10-20-15/h1-7,13,18H,8-10,17H2/t13-/m1/s1. The van der Waals surface area contributed by atoms with E-state index in [2.05, 4.69) is 0 Å². The lowest BCUT2D eigenvalue weighted by atomic mass is 10.1. The zero-order chi connectivity index (χ0) is 14.7. The van der Waals surface area contributed by atoms with Crippen LogP contribution >= 0.6 is 0 Å². The molecule has 0 bridgehead atoms. The zero-order valence-corrected chi connectivity index (χ0v) is 11.5. The second kappa shape index (κ2) is 6.03. The molecule has 0 aliphatic carbocycles. The molecule has 0 saturated heterocycles. The normalized spacial score (nSPS) is 14.0. The number of hydrogen-bond donors (Lipinski definition) is 2. The summed E-state index contributed by atoms with van der Waals surface area (Å²) < 4.78 is 16.4. The maximum absolute atomic E-state index is 9.19. The molecule has 5 heteroatoms. The summed E-state index contributed by atoms with van der Waals surface area (Å²) >= 11 is 0. The monoisotopic (exact) mass is 287 g/mol. The van der Waals surface area contributed by atoms with Crippen LogP contribution in [0.4, 0.5) is 0 Å². The van der Waals surface area contributed by atoms with Crippen LogP contribution in [-0.4, -0.2) is 18.5 Å². The fourth-order valence-electron chi connectivity index (χ4n) is 2.21. The molecule has 1 aliphatic heterocycles. The summed E-state index contributed by atoms with van der Waals surface area (Å²) in [6, 6.07) is 12.7. The Kier molecular flexibility index (Phi) is 3.94. The van der Waals surface area contributed by atoms with Crippen molar-refractivity contribution in [2.24, 2.45) is 5.73 Å².